The molecule has 0 amide bonds. The number of nitrogens with zero attached hydrogens (tertiary/aromatic N) is 1. The summed E-state index contributed by atoms with van der Waals surface area (Å²) >= 11 is 0. The van der Waals surface area contributed by atoms with Crippen LogP contribution >= 0.6 is 0 Å². The molecule has 1 heterocycles. The van der Waals surface area contributed by atoms with E-state index in [0.29, 0.717) is 5.57 Å². The van der Waals surface area contributed by atoms with Crippen molar-refractivity contribution in [1.29, 1.82) is 5.41 Å². The summed E-state index contributed by atoms with van der Waals surface area (Å²) in [5, 5.41) is 10.7. The molecule has 0 atom stereocenters. The van der Waals surface area contributed by atoms with Crippen LogP contribution in [-0.4, -0.2) is 11.6 Å². The zero-order chi connectivity index (χ0) is 7.56. The van der Waals surface area contributed by atoms with E-state index in [9.17, 15) is 4.79 Å². The minimum atomic E-state index is -0.0316. The molecular weight excluding hydrogens is 128 g/mol. The van der Waals surface area contributed by atoms with Crippen LogP contribution in [0.25, 0.3) is 0 Å². The maximum absolute atomic E-state index is 10.7. The van der Waals surface area contributed by atoms with Gasteiger partial charge in [0.15, 0.2) is 5.78 Å². The first kappa shape index (κ1) is 6.74. The number of allylic oxidation sites excluding steroid dienone is 2. The highest BCUT2D eigenvalue weighted by molar-refractivity contribution is 6.05. The van der Waals surface area contributed by atoms with E-state index in [1.165, 1.54) is 19.2 Å². The van der Waals surface area contributed by atoms with Gasteiger partial charge in [-0.3, -0.25) is 10.2 Å². The SMILES string of the molecule is CC(=O)C1=CC(=N)[N]C=C1. The molecule has 3 heteroatoms. The summed E-state index contributed by atoms with van der Waals surface area (Å²) in [7, 11) is 0. The second-order valence-corrected chi connectivity index (χ2v) is 1.99. The van der Waals surface area contributed by atoms with E-state index in [4.69, 9.17) is 5.41 Å². The summed E-state index contributed by atoms with van der Waals surface area (Å²) in [6.45, 7) is 1.47. The van der Waals surface area contributed by atoms with E-state index < -0.39 is 0 Å². The van der Waals surface area contributed by atoms with E-state index in [1.807, 2.05) is 0 Å². The average Bonchev–Trinajstić information content (AvgIpc) is 1.88. The lowest BCUT2D eigenvalue weighted by atomic mass is 10.1. The van der Waals surface area contributed by atoms with Crippen LogP contribution in [0.3, 0.4) is 0 Å². The number of nitrogens with one attached hydrogen (secondary N) is 1. The number of amidine groups is 1. The lowest BCUT2D eigenvalue weighted by Crippen LogP contribution is -2.11. The van der Waals surface area contributed by atoms with Crippen LogP contribution in [-0.2, 0) is 4.79 Å². The third-order valence-corrected chi connectivity index (χ3v) is 1.17. The smallest absolute Gasteiger partial charge is 0.159 e. The Morgan fingerprint density at radius 1 is 1.70 bits per heavy atom. The largest absolute Gasteiger partial charge is 0.295 e. The Hall–Kier alpha value is -1.38. The molecule has 1 radical (unpaired) electrons. The summed E-state index contributed by atoms with van der Waals surface area (Å²) in [4.78, 5) is 10.7. The lowest BCUT2D eigenvalue weighted by molar-refractivity contribution is -0.113. The molecule has 0 aromatic carbocycles. The fourth-order valence-corrected chi connectivity index (χ4v) is 0.650. The van der Waals surface area contributed by atoms with Crippen LogP contribution in [0.2, 0.25) is 0 Å². The molecular formula is C7H7N2O. The van der Waals surface area contributed by atoms with Crippen LogP contribution < -0.4 is 5.32 Å². The van der Waals surface area contributed by atoms with Gasteiger partial charge in [-0.05, 0) is 19.1 Å². The Morgan fingerprint density at radius 3 is 2.80 bits per heavy atom. The van der Waals surface area contributed by atoms with Gasteiger partial charge in [0, 0.05) is 11.8 Å². The standard InChI is InChI=1S/C7H7N2O/c1-5(10)6-2-3-9-7(8)4-6/h2-4,8H,1H3. The third kappa shape index (κ3) is 1.31. The number of hydrogen-bond acceptors (Lipinski definition) is 2. The molecule has 0 aromatic rings. The quantitative estimate of drug-likeness (QED) is 0.562. The summed E-state index contributed by atoms with van der Waals surface area (Å²) in [6.07, 6.45) is 4.50. The van der Waals surface area contributed by atoms with Gasteiger partial charge in [0.25, 0.3) is 0 Å². The normalized spacial score (nSPS) is 16.1. The molecule has 0 saturated heterocycles. The van der Waals surface area contributed by atoms with Gasteiger partial charge >= 0.3 is 0 Å². The van der Waals surface area contributed by atoms with Crippen LogP contribution in [0.1, 0.15) is 6.92 Å². The Balaban J connectivity index is 2.86. The number of carbonyl (C=O) groups excluding carboxylic acids is 1. The van der Waals surface area contributed by atoms with Crippen molar-refractivity contribution in [2.24, 2.45) is 0 Å². The van der Waals surface area contributed by atoms with Crippen LogP contribution in [0.5, 0.6) is 0 Å². The van der Waals surface area contributed by atoms with Crippen molar-refractivity contribution in [1.82, 2.24) is 5.32 Å². The molecule has 0 saturated carbocycles. The molecule has 0 aliphatic carbocycles. The van der Waals surface area contributed by atoms with E-state index >= 15 is 0 Å². The van der Waals surface area contributed by atoms with Crippen molar-refractivity contribution >= 4 is 11.6 Å². The molecule has 0 spiro atoms. The van der Waals surface area contributed by atoms with E-state index in [-0.39, 0.29) is 11.6 Å². The predicted octanol–water partition coefficient (Wildman–Crippen LogP) is 0.611. The van der Waals surface area contributed by atoms with Gasteiger partial charge in [0.1, 0.15) is 5.84 Å². The zero-order valence-corrected chi connectivity index (χ0v) is 5.59. The van der Waals surface area contributed by atoms with Crippen molar-refractivity contribution in [3.63, 3.8) is 0 Å². The Bertz CT molecular complexity index is 236. The summed E-state index contributed by atoms with van der Waals surface area (Å²) < 4.78 is 0. The topological polar surface area (TPSA) is 55.0 Å². The first-order chi connectivity index (χ1) is 4.70. The molecule has 0 fully saturated rings. The van der Waals surface area contributed by atoms with Gasteiger partial charge in [-0.2, -0.15) is 0 Å². The minimum Gasteiger partial charge on any atom is -0.295 e. The molecule has 1 rings (SSSR count). The second kappa shape index (κ2) is 2.47. The first-order valence-electron chi connectivity index (χ1n) is 2.89. The zero-order valence-electron chi connectivity index (χ0n) is 5.59. The fraction of sp³-hybridized carbons (Fsp3) is 0.143. The number of hydrogen-bond donors (Lipinski definition) is 1. The first-order valence-corrected chi connectivity index (χ1v) is 2.89. The van der Waals surface area contributed by atoms with Gasteiger partial charge in [0.05, 0.1) is 0 Å². The molecule has 1 aliphatic heterocycles. The van der Waals surface area contributed by atoms with Crippen molar-refractivity contribution in [2.75, 3.05) is 0 Å². The average molecular weight is 135 g/mol. The van der Waals surface area contributed by atoms with E-state index in [0.717, 1.165) is 0 Å². The Labute approximate surface area is 58.9 Å². The second-order valence-electron chi connectivity index (χ2n) is 1.99. The molecule has 51 valence electrons. The van der Waals surface area contributed by atoms with Gasteiger partial charge < -0.3 is 0 Å². The fourth-order valence-electron chi connectivity index (χ4n) is 0.650. The van der Waals surface area contributed by atoms with Gasteiger partial charge in [-0.15, -0.1) is 0 Å². The van der Waals surface area contributed by atoms with Crippen LogP contribution in [0.15, 0.2) is 23.9 Å². The van der Waals surface area contributed by atoms with Gasteiger partial charge in [-0.25, -0.2) is 5.32 Å². The third-order valence-electron chi connectivity index (χ3n) is 1.17. The molecule has 10 heavy (non-hydrogen) atoms. The van der Waals surface area contributed by atoms with Crippen molar-refractivity contribution in [3.05, 3.63) is 23.9 Å². The Morgan fingerprint density at radius 2 is 2.40 bits per heavy atom. The van der Waals surface area contributed by atoms with Crippen LogP contribution in [0.4, 0.5) is 0 Å². The molecule has 0 unspecified atom stereocenters. The monoisotopic (exact) mass is 135 g/mol. The van der Waals surface area contributed by atoms with Crippen LogP contribution in [0, 0.1) is 5.41 Å². The van der Waals surface area contributed by atoms with Crippen molar-refractivity contribution in [3.8, 4) is 0 Å². The highest BCUT2D eigenvalue weighted by Crippen LogP contribution is 2.02. The molecule has 0 aromatic heterocycles. The maximum atomic E-state index is 10.7. The van der Waals surface area contributed by atoms with E-state index in [1.54, 1.807) is 6.08 Å². The van der Waals surface area contributed by atoms with Crippen molar-refractivity contribution < 1.29 is 4.79 Å². The van der Waals surface area contributed by atoms with E-state index in [2.05, 4.69) is 5.32 Å². The summed E-state index contributed by atoms with van der Waals surface area (Å²) in [5.74, 6) is 0.101. The van der Waals surface area contributed by atoms with Gasteiger partial charge in [-0.1, -0.05) is 0 Å². The number of ketones is 1. The summed E-state index contributed by atoms with van der Waals surface area (Å²) in [5.41, 5.74) is 0.542. The van der Waals surface area contributed by atoms with Crippen molar-refractivity contribution in [2.45, 2.75) is 6.92 Å². The highest BCUT2D eigenvalue weighted by atomic mass is 16.1. The lowest BCUT2D eigenvalue weighted by Gasteiger charge is -2.02. The highest BCUT2D eigenvalue weighted by Gasteiger charge is 2.04. The summed E-state index contributed by atoms with van der Waals surface area (Å²) in [6, 6.07) is 0. The minimum absolute atomic E-state index is 0.0316. The predicted molar refractivity (Wildman–Crippen MR) is 37.8 cm³/mol. The van der Waals surface area contributed by atoms with Gasteiger partial charge in [0.2, 0.25) is 0 Å². The number of Topliss-reactive ketones (excluding diaryl/α,β-unsaturated/α-hetero) is 1. The molecule has 3 nitrogen and oxygen atoms in total. The Kier molecular flexibility index (Phi) is 1.67. The molecule has 1 aliphatic rings. The molecule has 0 bridgehead atoms. The maximum Gasteiger partial charge on any atom is 0.159 e. The molecule has 1 N–H and O–H groups in total. The number of rotatable bonds is 1. The number of carbonyl (C=O) groups is 1.